The second-order valence-corrected chi connectivity index (χ2v) is 6.82. The number of aliphatic hydroxyl groups is 1. The third-order valence-electron chi connectivity index (χ3n) is 3.05. The van der Waals surface area contributed by atoms with Crippen LogP contribution in [0.4, 0.5) is 0 Å². The highest BCUT2D eigenvalue weighted by Crippen LogP contribution is 2.16. The maximum Gasteiger partial charge on any atom is 0.244 e. The molecule has 1 aromatic rings. The summed E-state index contributed by atoms with van der Waals surface area (Å²) in [5.74, 6) is 5.16. The number of sulfonamides is 1. The lowest BCUT2D eigenvalue weighted by Gasteiger charge is -2.18. The van der Waals surface area contributed by atoms with E-state index in [4.69, 9.17) is 5.11 Å². The number of nitrogens with zero attached hydrogens (tertiary/aromatic N) is 1. The van der Waals surface area contributed by atoms with Gasteiger partial charge in [0.15, 0.2) is 0 Å². The van der Waals surface area contributed by atoms with Gasteiger partial charge in [-0.1, -0.05) is 55.0 Å². The molecule has 0 saturated carbocycles. The van der Waals surface area contributed by atoms with Gasteiger partial charge in [0.05, 0.1) is 11.4 Å². The molecule has 5 heteroatoms. The van der Waals surface area contributed by atoms with Crippen molar-refractivity contribution in [2.75, 3.05) is 19.7 Å². The van der Waals surface area contributed by atoms with Crippen molar-refractivity contribution in [2.45, 2.75) is 31.6 Å². The van der Waals surface area contributed by atoms with Crippen molar-refractivity contribution >= 4 is 10.0 Å². The van der Waals surface area contributed by atoms with Gasteiger partial charge in [0.1, 0.15) is 6.61 Å². The average Bonchev–Trinajstić information content (AvgIpc) is 2.50. The normalized spacial score (nSPS) is 11.6. The van der Waals surface area contributed by atoms with Crippen LogP contribution in [0.1, 0.15) is 25.3 Å². The van der Waals surface area contributed by atoms with Crippen molar-refractivity contribution in [3.63, 3.8) is 0 Å². The lowest BCUT2D eigenvalue weighted by Crippen LogP contribution is -2.31. The number of hydrogen-bond donors (Lipinski definition) is 1. The molecular formula is C17H23NO3S. The lowest BCUT2D eigenvalue weighted by atomic mass is 10.2. The van der Waals surface area contributed by atoms with Gasteiger partial charge in [0.2, 0.25) is 10.0 Å². The largest absolute Gasteiger partial charge is 0.384 e. The third kappa shape index (κ3) is 5.64. The summed E-state index contributed by atoms with van der Waals surface area (Å²) in [4.78, 5) is 0.257. The van der Waals surface area contributed by atoms with Gasteiger partial charge in [-0.2, -0.15) is 4.31 Å². The number of aliphatic hydroxyl groups excluding tert-OH is 1. The van der Waals surface area contributed by atoms with E-state index in [2.05, 4.69) is 18.8 Å². The Labute approximate surface area is 133 Å². The fraction of sp³-hybridized carbons (Fsp3) is 0.412. The van der Waals surface area contributed by atoms with Gasteiger partial charge in [-0.05, 0) is 25.5 Å². The highest BCUT2D eigenvalue weighted by molar-refractivity contribution is 7.89. The highest BCUT2D eigenvalue weighted by atomic mass is 32.2. The van der Waals surface area contributed by atoms with Crippen molar-refractivity contribution in [1.82, 2.24) is 4.31 Å². The Balaban J connectivity index is 2.98. The molecule has 0 unspecified atom stereocenters. The van der Waals surface area contributed by atoms with Crippen LogP contribution >= 0.6 is 0 Å². The van der Waals surface area contributed by atoms with Crippen molar-refractivity contribution in [3.05, 3.63) is 42.0 Å². The molecule has 0 heterocycles. The summed E-state index contributed by atoms with van der Waals surface area (Å²) in [6.07, 6.45) is 5.75. The number of rotatable bonds is 7. The van der Waals surface area contributed by atoms with E-state index >= 15 is 0 Å². The summed E-state index contributed by atoms with van der Waals surface area (Å²) in [6, 6.07) is 6.76. The van der Waals surface area contributed by atoms with E-state index in [0.717, 1.165) is 18.4 Å². The molecule has 0 aromatic heterocycles. The number of unbranched alkanes of at least 4 members (excludes halogenated alkanes) is 1. The average molecular weight is 321 g/mol. The van der Waals surface area contributed by atoms with E-state index in [1.165, 1.54) is 4.31 Å². The number of allylic oxidation sites excluding steroid dienone is 1. The lowest BCUT2D eigenvalue weighted by molar-refractivity contribution is 0.350. The summed E-state index contributed by atoms with van der Waals surface area (Å²) in [5.41, 5.74) is 1.01. The summed E-state index contributed by atoms with van der Waals surface area (Å²) < 4.78 is 26.6. The van der Waals surface area contributed by atoms with Crippen molar-refractivity contribution in [2.24, 2.45) is 0 Å². The van der Waals surface area contributed by atoms with Crippen LogP contribution in [0.2, 0.25) is 0 Å². The molecule has 0 bridgehead atoms. The van der Waals surface area contributed by atoms with Crippen LogP contribution in [0.25, 0.3) is 0 Å². The first-order valence-corrected chi connectivity index (χ1v) is 8.74. The summed E-state index contributed by atoms with van der Waals surface area (Å²) in [7, 11) is -3.59. The first kappa shape index (κ1) is 18.4. The molecule has 4 nitrogen and oxygen atoms in total. The molecule has 0 radical (unpaired) electrons. The Kier molecular flexibility index (Phi) is 7.89. The molecular weight excluding hydrogens is 298 g/mol. The van der Waals surface area contributed by atoms with Crippen molar-refractivity contribution < 1.29 is 13.5 Å². The van der Waals surface area contributed by atoms with E-state index in [1.54, 1.807) is 24.3 Å². The number of aryl methyl sites for hydroxylation is 1. The zero-order valence-electron chi connectivity index (χ0n) is 13.1. The molecule has 1 rings (SSSR count). The Morgan fingerprint density at radius 3 is 2.45 bits per heavy atom. The second kappa shape index (κ2) is 9.42. The minimum Gasteiger partial charge on any atom is -0.384 e. The van der Waals surface area contributed by atoms with Crippen LogP contribution in [-0.4, -0.2) is 37.5 Å². The van der Waals surface area contributed by atoms with Crippen LogP contribution in [-0.2, 0) is 10.0 Å². The predicted octanol–water partition coefficient (Wildman–Crippen LogP) is 2.34. The molecule has 1 aromatic carbocycles. The monoisotopic (exact) mass is 321 g/mol. The minimum atomic E-state index is -3.59. The molecule has 0 amide bonds. The van der Waals surface area contributed by atoms with Gasteiger partial charge >= 0.3 is 0 Å². The molecule has 0 saturated heterocycles. The van der Waals surface area contributed by atoms with E-state index in [0.29, 0.717) is 0 Å². The predicted molar refractivity (Wildman–Crippen MR) is 88.8 cm³/mol. The fourth-order valence-corrected chi connectivity index (χ4v) is 3.08. The van der Waals surface area contributed by atoms with Crippen LogP contribution in [0.15, 0.2) is 41.3 Å². The summed E-state index contributed by atoms with van der Waals surface area (Å²) in [5, 5.41) is 8.72. The fourth-order valence-electron chi connectivity index (χ4n) is 1.78. The van der Waals surface area contributed by atoms with Gasteiger partial charge in [0.25, 0.3) is 0 Å². The molecule has 0 atom stereocenters. The van der Waals surface area contributed by atoms with E-state index in [-0.39, 0.29) is 24.6 Å². The first-order valence-electron chi connectivity index (χ1n) is 7.30. The Hall–Kier alpha value is -1.61. The SMILES string of the molecule is CCC/C=C\CN(CC#CCO)S(=O)(=O)c1ccc(C)cc1. The molecule has 22 heavy (non-hydrogen) atoms. The highest BCUT2D eigenvalue weighted by Gasteiger charge is 2.22. The zero-order valence-corrected chi connectivity index (χ0v) is 13.9. The maximum atomic E-state index is 12.7. The van der Waals surface area contributed by atoms with Gasteiger partial charge < -0.3 is 5.11 Å². The standard InChI is InChI=1S/C17H23NO3S/c1-3-4-5-6-13-18(14-7-8-15-19)22(20,21)17-11-9-16(2)10-12-17/h5-6,9-12,19H,3-4,13-15H2,1-2H3/b6-5-. The van der Waals surface area contributed by atoms with Gasteiger partial charge in [0, 0.05) is 6.54 Å². The Morgan fingerprint density at radius 2 is 1.86 bits per heavy atom. The Morgan fingerprint density at radius 1 is 1.18 bits per heavy atom. The van der Waals surface area contributed by atoms with Gasteiger partial charge in [-0.3, -0.25) is 0 Å². The third-order valence-corrected chi connectivity index (χ3v) is 4.88. The summed E-state index contributed by atoms with van der Waals surface area (Å²) in [6.45, 7) is 4.04. The zero-order chi connectivity index (χ0) is 16.4. The van der Waals surface area contributed by atoms with Gasteiger partial charge in [-0.15, -0.1) is 0 Å². The molecule has 0 aliphatic heterocycles. The maximum absolute atomic E-state index is 12.7. The number of benzene rings is 1. The molecule has 0 aliphatic carbocycles. The quantitative estimate of drug-likeness (QED) is 0.619. The smallest absolute Gasteiger partial charge is 0.244 e. The van der Waals surface area contributed by atoms with Crippen LogP contribution < -0.4 is 0 Å². The number of hydrogen-bond acceptors (Lipinski definition) is 3. The topological polar surface area (TPSA) is 57.6 Å². The van der Waals surface area contributed by atoms with E-state index < -0.39 is 10.0 Å². The van der Waals surface area contributed by atoms with Gasteiger partial charge in [-0.25, -0.2) is 8.42 Å². The molecule has 0 aliphatic rings. The molecule has 1 N–H and O–H groups in total. The van der Waals surface area contributed by atoms with Crippen LogP contribution in [0.5, 0.6) is 0 Å². The molecule has 120 valence electrons. The van der Waals surface area contributed by atoms with E-state index in [1.807, 2.05) is 19.1 Å². The minimum absolute atomic E-state index is 0.0627. The Bertz CT molecular complexity index is 637. The van der Waals surface area contributed by atoms with Crippen LogP contribution in [0.3, 0.4) is 0 Å². The van der Waals surface area contributed by atoms with Crippen LogP contribution in [0, 0.1) is 18.8 Å². The molecule has 0 spiro atoms. The van der Waals surface area contributed by atoms with Crippen molar-refractivity contribution in [3.8, 4) is 11.8 Å². The first-order chi connectivity index (χ1) is 10.5. The molecule has 0 fully saturated rings. The second-order valence-electron chi connectivity index (χ2n) is 4.88. The van der Waals surface area contributed by atoms with E-state index in [9.17, 15) is 8.42 Å². The summed E-state index contributed by atoms with van der Waals surface area (Å²) >= 11 is 0. The van der Waals surface area contributed by atoms with Crippen molar-refractivity contribution in [1.29, 1.82) is 0 Å².